The highest BCUT2D eigenvalue weighted by Gasteiger charge is 2.52. The van der Waals surface area contributed by atoms with Crippen molar-refractivity contribution in [3.8, 4) is 0 Å². The molecule has 11 heteroatoms. The van der Waals surface area contributed by atoms with Gasteiger partial charge in [0.2, 0.25) is 0 Å². The number of alkyl halides is 1. The molecule has 5 atom stereocenters. The van der Waals surface area contributed by atoms with Crippen molar-refractivity contribution in [1.29, 1.82) is 0 Å². The lowest BCUT2D eigenvalue weighted by Crippen LogP contribution is -2.62. The summed E-state index contributed by atoms with van der Waals surface area (Å²) in [5, 5.41) is 0. The molecular formula is C18H25ClO10. The second-order valence-corrected chi connectivity index (χ2v) is 6.34. The van der Waals surface area contributed by atoms with Gasteiger partial charge < -0.3 is 28.4 Å². The number of hydrogen-bond acceptors (Lipinski definition) is 10. The van der Waals surface area contributed by atoms with Gasteiger partial charge in [-0.1, -0.05) is 12.2 Å². The van der Waals surface area contributed by atoms with Crippen molar-refractivity contribution in [3.63, 3.8) is 0 Å². The van der Waals surface area contributed by atoms with E-state index in [0.29, 0.717) is 0 Å². The maximum absolute atomic E-state index is 11.7. The van der Waals surface area contributed by atoms with Crippen molar-refractivity contribution in [2.75, 3.05) is 19.1 Å². The van der Waals surface area contributed by atoms with Gasteiger partial charge in [-0.15, -0.1) is 11.6 Å². The summed E-state index contributed by atoms with van der Waals surface area (Å²) in [6, 6.07) is 0. The van der Waals surface area contributed by atoms with Crippen LogP contribution in [0.1, 0.15) is 27.7 Å². The molecule has 0 aromatic rings. The van der Waals surface area contributed by atoms with Crippen LogP contribution >= 0.6 is 11.6 Å². The number of ether oxygens (including phenoxy) is 6. The summed E-state index contributed by atoms with van der Waals surface area (Å²) in [5.74, 6) is -2.43. The van der Waals surface area contributed by atoms with E-state index in [9.17, 15) is 19.2 Å². The number of carbonyl (C=O) groups is 4. The smallest absolute Gasteiger partial charge is 0.303 e. The van der Waals surface area contributed by atoms with Gasteiger partial charge in [-0.3, -0.25) is 19.2 Å². The summed E-state index contributed by atoms with van der Waals surface area (Å²) in [5.41, 5.74) is 0. The molecule has 29 heavy (non-hydrogen) atoms. The van der Waals surface area contributed by atoms with E-state index in [2.05, 4.69) is 0 Å². The quantitative estimate of drug-likeness (QED) is 0.222. The average molecular weight is 437 g/mol. The Morgan fingerprint density at radius 3 is 1.90 bits per heavy atom. The van der Waals surface area contributed by atoms with Crippen molar-refractivity contribution in [1.82, 2.24) is 0 Å². The first-order chi connectivity index (χ1) is 13.6. The number of esters is 4. The van der Waals surface area contributed by atoms with Gasteiger partial charge >= 0.3 is 23.9 Å². The summed E-state index contributed by atoms with van der Waals surface area (Å²) in [6.45, 7) is 4.37. The van der Waals surface area contributed by atoms with Crippen LogP contribution < -0.4 is 0 Å². The highest BCUT2D eigenvalue weighted by molar-refractivity contribution is 6.18. The minimum Gasteiger partial charge on any atom is -0.463 e. The molecule has 0 spiro atoms. The summed E-state index contributed by atoms with van der Waals surface area (Å²) in [7, 11) is 0. The van der Waals surface area contributed by atoms with Gasteiger partial charge in [0.25, 0.3) is 0 Å². The van der Waals surface area contributed by atoms with Gasteiger partial charge in [0.1, 0.15) is 12.7 Å². The first kappa shape index (κ1) is 24.9. The molecule has 0 saturated carbocycles. The maximum atomic E-state index is 11.7. The van der Waals surface area contributed by atoms with E-state index in [-0.39, 0.29) is 19.1 Å². The van der Waals surface area contributed by atoms with E-state index >= 15 is 0 Å². The van der Waals surface area contributed by atoms with Crippen LogP contribution in [0.5, 0.6) is 0 Å². The molecule has 0 aromatic heterocycles. The fourth-order valence-electron chi connectivity index (χ4n) is 2.60. The third kappa shape index (κ3) is 8.80. The fourth-order valence-corrected chi connectivity index (χ4v) is 2.73. The van der Waals surface area contributed by atoms with Crippen LogP contribution in [0.2, 0.25) is 0 Å². The van der Waals surface area contributed by atoms with Gasteiger partial charge in [-0.2, -0.15) is 0 Å². The standard InChI is InChI=1S/C18H25ClO10/c1-10(20)25-9-14-15(26-11(2)21)16(27-12(3)22)17(28-13(4)23)18(29-14)24-8-6-5-7-19/h5-6,14-18H,7-9H2,1-4H3/b6-5+/t14-,15+,16+,17-,18-/m1/s1. The van der Waals surface area contributed by atoms with Crippen LogP contribution in [0.25, 0.3) is 0 Å². The number of carbonyl (C=O) groups excluding carboxylic acids is 4. The fraction of sp³-hybridized carbons (Fsp3) is 0.667. The van der Waals surface area contributed by atoms with Crippen molar-refractivity contribution < 1.29 is 47.6 Å². The molecule has 0 bridgehead atoms. The highest BCUT2D eigenvalue weighted by atomic mass is 35.5. The summed E-state index contributed by atoms with van der Waals surface area (Å²) in [4.78, 5) is 46.1. The van der Waals surface area contributed by atoms with Gasteiger partial charge in [0, 0.05) is 33.6 Å². The minimum atomic E-state index is -1.25. The molecule has 1 aliphatic heterocycles. The number of hydrogen-bond donors (Lipinski definition) is 0. The number of rotatable bonds is 9. The first-order valence-electron chi connectivity index (χ1n) is 8.78. The predicted octanol–water partition coefficient (Wildman–Crippen LogP) is 0.881. The van der Waals surface area contributed by atoms with E-state index in [4.69, 9.17) is 40.0 Å². The third-order valence-electron chi connectivity index (χ3n) is 3.56. The lowest BCUT2D eigenvalue weighted by Gasteiger charge is -2.43. The Bertz CT molecular complexity index is 620. The largest absolute Gasteiger partial charge is 0.463 e. The Morgan fingerprint density at radius 2 is 1.38 bits per heavy atom. The van der Waals surface area contributed by atoms with Crippen molar-refractivity contribution >= 4 is 35.5 Å². The molecule has 164 valence electrons. The zero-order valence-electron chi connectivity index (χ0n) is 16.6. The van der Waals surface area contributed by atoms with Gasteiger partial charge in [-0.25, -0.2) is 0 Å². The number of allylic oxidation sites excluding steroid dienone is 1. The lowest BCUT2D eigenvalue weighted by molar-refractivity contribution is -0.305. The van der Waals surface area contributed by atoms with E-state index in [0.717, 1.165) is 20.8 Å². The zero-order chi connectivity index (χ0) is 22.0. The molecule has 0 radical (unpaired) electrons. The maximum Gasteiger partial charge on any atom is 0.303 e. The summed E-state index contributed by atoms with van der Waals surface area (Å²) < 4.78 is 32.1. The molecule has 1 heterocycles. The van der Waals surface area contributed by atoms with Crippen LogP contribution in [-0.2, 0) is 47.6 Å². The van der Waals surface area contributed by atoms with Gasteiger partial charge in [-0.05, 0) is 0 Å². The minimum absolute atomic E-state index is 0.0421. The van der Waals surface area contributed by atoms with Crippen LogP contribution in [0.15, 0.2) is 12.2 Å². The molecule has 1 rings (SSSR count). The zero-order valence-corrected chi connectivity index (χ0v) is 17.4. The molecule has 1 fully saturated rings. The second kappa shape index (κ2) is 12.4. The van der Waals surface area contributed by atoms with Crippen LogP contribution in [0.3, 0.4) is 0 Å². The normalized spacial score (nSPS) is 26.6. The summed E-state index contributed by atoms with van der Waals surface area (Å²) in [6.07, 6.45) is -2.70. The van der Waals surface area contributed by atoms with E-state index < -0.39 is 54.6 Å². The Balaban J connectivity index is 3.22. The van der Waals surface area contributed by atoms with Crippen LogP contribution in [0, 0.1) is 0 Å². The topological polar surface area (TPSA) is 124 Å². The summed E-state index contributed by atoms with van der Waals surface area (Å²) >= 11 is 5.57. The van der Waals surface area contributed by atoms with Gasteiger partial charge in [0.15, 0.2) is 24.6 Å². The predicted molar refractivity (Wildman–Crippen MR) is 97.8 cm³/mol. The van der Waals surface area contributed by atoms with E-state index in [1.54, 1.807) is 12.2 Å². The lowest BCUT2D eigenvalue weighted by atomic mass is 9.98. The molecule has 0 aliphatic carbocycles. The van der Waals surface area contributed by atoms with Crippen LogP contribution in [0.4, 0.5) is 0 Å². The average Bonchev–Trinajstić information content (AvgIpc) is 2.60. The molecule has 0 aromatic carbocycles. The third-order valence-corrected chi connectivity index (χ3v) is 3.74. The monoisotopic (exact) mass is 436 g/mol. The van der Waals surface area contributed by atoms with Crippen molar-refractivity contribution in [2.24, 2.45) is 0 Å². The highest BCUT2D eigenvalue weighted by Crippen LogP contribution is 2.29. The molecule has 10 nitrogen and oxygen atoms in total. The molecule has 0 N–H and O–H groups in total. The Morgan fingerprint density at radius 1 is 0.828 bits per heavy atom. The molecule has 1 saturated heterocycles. The number of halogens is 1. The second-order valence-electron chi connectivity index (χ2n) is 6.03. The molecular weight excluding hydrogens is 412 g/mol. The molecule has 1 aliphatic rings. The first-order valence-corrected chi connectivity index (χ1v) is 9.32. The van der Waals surface area contributed by atoms with E-state index in [1.807, 2.05) is 0 Å². The van der Waals surface area contributed by atoms with Crippen molar-refractivity contribution in [3.05, 3.63) is 12.2 Å². The molecule has 0 unspecified atom stereocenters. The SMILES string of the molecule is CC(=O)OC[C@H]1O[C@@H](OC/C=C/CCl)[C@H](OC(C)=O)[C@@H](OC(C)=O)[C@H]1OC(C)=O. The van der Waals surface area contributed by atoms with E-state index in [1.165, 1.54) is 6.92 Å². The Hall–Kier alpha value is -2.17. The molecule has 0 amide bonds. The van der Waals surface area contributed by atoms with Crippen LogP contribution in [-0.4, -0.2) is 73.7 Å². The Kier molecular flexibility index (Phi) is 10.6. The van der Waals surface area contributed by atoms with Gasteiger partial charge in [0.05, 0.1) is 6.61 Å². The Labute approximate surface area is 173 Å². The van der Waals surface area contributed by atoms with Crippen molar-refractivity contribution in [2.45, 2.75) is 58.4 Å².